The van der Waals surface area contributed by atoms with Gasteiger partial charge in [0.25, 0.3) is 5.56 Å². The van der Waals surface area contributed by atoms with Crippen LogP contribution in [0, 0.1) is 11.3 Å². The molecule has 0 unspecified atom stereocenters. The summed E-state index contributed by atoms with van der Waals surface area (Å²) < 4.78 is 7.45. The van der Waals surface area contributed by atoms with Crippen LogP contribution < -0.4 is 20.5 Å². The number of nitriles is 1. The molecule has 3 aromatic rings. The third kappa shape index (κ3) is 4.69. The van der Waals surface area contributed by atoms with Crippen LogP contribution in [0.15, 0.2) is 68.7 Å². The van der Waals surface area contributed by atoms with Crippen molar-refractivity contribution in [2.24, 2.45) is 5.73 Å². The smallest absolute Gasteiger partial charge is 0.338 e. The molecule has 0 bridgehead atoms. The Balaban J connectivity index is 2.03. The highest BCUT2D eigenvalue weighted by Gasteiger charge is 2.36. The molecule has 1 aliphatic heterocycles. The molecule has 0 aliphatic carbocycles. The Bertz CT molecular complexity index is 1530. The number of rotatable bonds is 6. The van der Waals surface area contributed by atoms with E-state index < -0.39 is 11.9 Å². The molecule has 1 aromatic heterocycles. The summed E-state index contributed by atoms with van der Waals surface area (Å²) in [5.74, 6) is -1.27. The number of esters is 1. The van der Waals surface area contributed by atoms with Gasteiger partial charge in [-0.05, 0) is 60.9 Å². The van der Waals surface area contributed by atoms with Crippen LogP contribution in [0.3, 0.4) is 0 Å². The molecule has 0 saturated heterocycles. The molecule has 6 nitrogen and oxygen atoms in total. The molecule has 4 rings (SSSR count). The molecule has 0 amide bonds. The number of nitrogens with two attached hydrogens (primary N) is 1. The fourth-order valence-electron chi connectivity index (χ4n) is 3.93. The third-order valence-corrected chi connectivity index (χ3v) is 8.22. The molecule has 2 aromatic carbocycles. The van der Waals surface area contributed by atoms with Crippen molar-refractivity contribution in [1.29, 1.82) is 5.26 Å². The van der Waals surface area contributed by atoms with Crippen LogP contribution in [-0.2, 0) is 9.53 Å². The second-order valence-corrected chi connectivity index (χ2v) is 10.4. The van der Waals surface area contributed by atoms with E-state index in [-0.39, 0.29) is 29.1 Å². The molecular weight excluding hydrogens is 499 g/mol. The Labute approximate surface area is 215 Å². The molecule has 35 heavy (non-hydrogen) atoms. The van der Waals surface area contributed by atoms with Gasteiger partial charge in [-0.15, -0.1) is 34.9 Å². The molecule has 0 saturated carbocycles. The van der Waals surface area contributed by atoms with Crippen LogP contribution >= 0.6 is 34.9 Å². The van der Waals surface area contributed by atoms with Crippen molar-refractivity contribution in [3.8, 4) is 6.07 Å². The summed E-state index contributed by atoms with van der Waals surface area (Å²) in [5, 5.41) is 10.1. The molecule has 0 radical (unpaired) electrons. The Morgan fingerprint density at radius 1 is 1.14 bits per heavy atom. The molecule has 2 heterocycles. The second-order valence-electron chi connectivity index (χ2n) is 7.58. The molecule has 1 aliphatic rings. The Hall–Kier alpha value is -3.19. The molecule has 178 valence electrons. The standard InChI is InChI=1S/C26H23N3O3S3/c1-4-32-26(31)22-21(16-7-11-18(34-3)12-8-16)19(14-27)23(28)29-24(30)20(35-25(22)29)13-15-5-9-17(33-2)10-6-15/h5-13,21H,4,28H2,1-3H3/b20-13-/t21-/m1/s1. The van der Waals surface area contributed by atoms with Gasteiger partial charge < -0.3 is 10.5 Å². The van der Waals surface area contributed by atoms with Crippen LogP contribution in [0.25, 0.3) is 17.5 Å². The van der Waals surface area contributed by atoms with Gasteiger partial charge in [-0.1, -0.05) is 24.3 Å². The number of fused-ring (bicyclic) bond motifs is 1. The fraction of sp³-hybridized carbons (Fsp3) is 0.192. The third-order valence-electron chi connectivity index (χ3n) is 5.63. The molecule has 2 N–H and O–H groups in total. The number of ether oxygens (including phenoxy) is 1. The number of allylic oxidation sites excluding steroid dienone is 1. The zero-order valence-electron chi connectivity index (χ0n) is 19.4. The minimum absolute atomic E-state index is 0.0353. The number of thiazole rings is 1. The molecule has 9 heteroatoms. The van der Waals surface area contributed by atoms with E-state index in [9.17, 15) is 14.9 Å². The zero-order chi connectivity index (χ0) is 25.1. The van der Waals surface area contributed by atoms with Gasteiger partial charge in [0.15, 0.2) is 0 Å². The number of benzene rings is 2. The number of carbonyl (C=O) groups excluding carboxylic acids is 1. The fourth-order valence-corrected chi connectivity index (χ4v) is 5.92. The summed E-state index contributed by atoms with van der Waals surface area (Å²) in [5.41, 5.74) is 8.01. The van der Waals surface area contributed by atoms with E-state index in [0.29, 0.717) is 9.20 Å². The summed E-state index contributed by atoms with van der Waals surface area (Å²) >= 11 is 4.40. The molecule has 0 fully saturated rings. The predicted octanol–water partition coefficient (Wildman–Crippen LogP) is 3.34. The first kappa shape index (κ1) is 24.9. The zero-order valence-corrected chi connectivity index (χ0v) is 21.9. The first-order valence-electron chi connectivity index (χ1n) is 10.8. The maximum absolute atomic E-state index is 13.4. The van der Waals surface area contributed by atoms with E-state index in [1.54, 1.807) is 36.5 Å². The van der Waals surface area contributed by atoms with Gasteiger partial charge in [0.05, 0.1) is 34.3 Å². The number of aromatic nitrogens is 1. The Morgan fingerprint density at radius 3 is 2.29 bits per heavy atom. The van der Waals surface area contributed by atoms with Crippen molar-refractivity contribution in [2.75, 3.05) is 19.1 Å². The lowest BCUT2D eigenvalue weighted by Gasteiger charge is -2.24. The van der Waals surface area contributed by atoms with E-state index >= 15 is 0 Å². The van der Waals surface area contributed by atoms with E-state index in [0.717, 1.165) is 20.9 Å². The highest BCUT2D eigenvalue weighted by molar-refractivity contribution is 7.98. The number of thioether (sulfide) groups is 2. The van der Waals surface area contributed by atoms with Gasteiger partial charge in [-0.3, -0.25) is 9.36 Å². The van der Waals surface area contributed by atoms with Crippen LogP contribution in [0.4, 0.5) is 0 Å². The van der Waals surface area contributed by atoms with Crippen LogP contribution in [0.1, 0.15) is 24.0 Å². The van der Waals surface area contributed by atoms with Crippen LogP contribution in [-0.4, -0.2) is 29.7 Å². The lowest BCUT2D eigenvalue weighted by atomic mass is 9.84. The topological polar surface area (TPSA) is 98.1 Å². The second kappa shape index (κ2) is 10.6. The maximum Gasteiger partial charge on any atom is 0.338 e. The summed E-state index contributed by atoms with van der Waals surface area (Å²) in [4.78, 5) is 28.8. The monoisotopic (exact) mass is 521 g/mol. The number of hydrogen-bond acceptors (Lipinski definition) is 8. The van der Waals surface area contributed by atoms with Crippen LogP contribution in [0.5, 0.6) is 0 Å². The van der Waals surface area contributed by atoms with Gasteiger partial charge in [-0.2, -0.15) is 5.26 Å². The SMILES string of the molecule is CCOC(=O)C1=c2s/c(=C\c3ccc(SC)cc3)c(=O)n2C(N)=C(C#N)[C@H]1c1ccc(SC)cc1. The molecule has 1 atom stereocenters. The van der Waals surface area contributed by atoms with Gasteiger partial charge >= 0.3 is 5.97 Å². The Morgan fingerprint density at radius 2 is 1.74 bits per heavy atom. The molecular formula is C26H23N3O3S3. The summed E-state index contributed by atoms with van der Waals surface area (Å²) in [6.07, 6.45) is 5.74. The summed E-state index contributed by atoms with van der Waals surface area (Å²) in [7, 11) is 0. The Kier molecular flexibility index (Phi) is 7.55. The van der Waals surface area contributed by atoms with Crippen molar-refractivity contribution < 1.29 is 9.53 Å². The number of hydrogen-bond donors (Lipinski definition) is 1. The lowest BCUT2D eigenvalue weighted by molar-refractivity contribution is -0.136. The quantitative estimate of drug-likeness (QED) is 0.392. The first-order valence-corrected chi connectivity index (χ1v) is 14.0. The molecule has 0 spiro atoms. The van der Waals surface area contributed by atoms with Gasteiger partial charge in [0.1, 0.15) is 10.5 Å². The van der Waals surface area contributed by atoms with Gasteiger partial charge in [0, 0.05) is 9.79 Å². The summed E-state index contributed by atoms with van der Waals surface area (Å²) in [6, 6.07) is 17.6. The minimum Gasteiger partial charge on any atom is -0.463 e. The van der Waals surface area contributed by atoms with Gasteiger partial charge in [0.2, 0.25) is 0 Å². The van der Waals surface area contributed by atoms with Crippen LogP contribution in [0.2, 0.25) is 0 Å². The van der Waals surface area contributed by atoms with E-state index in [1.165, 1.54) is 15.9 Å². The van der Waals surface area contributed by atoms with Crippen molar-refractivity contribution in [2.45, 2.75) is 22.6 Å². The largest absolute Gasteiger partial charge is 0.463 e. The average Bonchev–Trinajstić information content (AvgIpc) is 3.20. The first-order chi connectivity index (χ1) is 16.9. The highest BCUT2D eigenvalue weighted by atomic mass is 32.2. The summed E-state index contributed by atoms with van der Waals surface area (Å²) in [6.45, 7) is 1.88. The normalized spacial score (nSPS) is 15.7. The predicted molar refractivity (Wildman–Crippen MR) is 144 cm³/mol. The lowest BCUT2D eigenvalue weighted by Crippen LogP contribution is -2.40. The van der Waals surface area contributed by atoms with E-state index in [2.05, 4.69) is 6.07 Å². The van der Waals surface area contributed by atoms with Crippen molar-refractivity contribution in [3.63, 3.8) is 0 Å². The number of carbonyl (C=O) groups is 1. The van der Waals surface area contributed by atoms with Gasteiger partial charge in [-0.25, -0.2) is 4.79 Å². The van der Waals surface area contributed by atoms with Crippen molar-refractivity contribution >= 4 is 58.3 Å². The average molecular weight is 522 g/mol. The van der Waals surface area contributed by atoms with E-state index in [4.69, 9.17) is 10.5 Å². The van der Waals surface area contributed by atoms with Crippen molar-refractivity contribution in [1.82, 2.24) is 4.57 Å². The van der Waals surface area contributed by atoms with Crippen molar-refractivity contribution in [3.05, 3.63) is 84.8 Å². The maximum atomic E-state index is 13.4. The highest BCUT2D eigenvalue weighted by Crippen LogP contribution is 2.37. The minimum atomic E-state index is -0.735. The number of nitrogens with zero attached hydrogens (tertiary/aromatic N) is 2. The van der Waals surface area contributed by atoms with E-state index in [1.807, 2.05) is 61.0 Å².